The maximum Gasteiger partial charge on any atom is 0.320 e. The van der Waals surface area contributed by atoms with E-state index >= 15 is 0 Å². The lowest BCUT2D eigenvalue weighted by atomic mass is 9.95. The minimum atomic E-state index is -0.516. The highest BCUT2D eigenvalue weighted by atomic mass is 35.5. The monoisotopic (exact) mass is 1770 g/mol. The van der Waals surface area contributed by atoms with Gasteiger partial charge in [0.05, 0.1) is 59.7 Å². The number of carbonyl (C=O) groups excluding carboxylic acids is 2. The Hall–Kier alpha value is -12.0. The highest BCUT2D eigenvalue weighted by Gasteiger charge is 2.26. The molecule has 34 heteroatoms. The van der Waals surface area contributed by atoms with Gasteiger partial charge in [-0.15, -0.1) is 0 Å². The molecule has 1 aliphatic heterocycles. The van der Waals surface area contributed by atoms with Gasteiger partial charge in [-0.2, -0.15) is 15.0 Å². The molecule has 6 aromatic carbocycles. The number of nitrogens with one attached hydrogen (secondary N) is 6. The molecule has 15 N–H and O–H groups in total. The van der Waals surface area contributed by atoms with Gasteiger partial charge in [-0.25, -0.2) is 44.1 Å². The molecule has 7 aromatic heterocycles. The van der Waals surface area contributed by atoms with Crippen LogP contribution in [0.5, 0.6) is 11.5 Å². The maximum atomic E-state index is 13.9. The van der Waals surface area contributed by atoms with Gasteiger partial charge in [-0.05, 0) is 193 Å². The van der Waals surface area contributed by atoms with Crippen LogP contribution in [0.4, 0.5) is 55.7 Å². The standard InChI is InChI=1S/C30H45N9O3.C24H32ClN5O2.C21H17Cl2N5O.C17H16FN5/c1-30(2,3)37-29(40)36-27-25(21-16-23(41-4)19-24(17-21)42-5)18-22-20-33-28(35-26(22)34-27)32-9-7-11-39-14-12-38(13-15-39)10-6-8-31;1-14(2)18(12-31)23-28-20(22-24(29-23)30(13-27-22)15(3)4)11-16-7-8-17(19(25)10-16)21(32)6-5-9-26;1-28-19-13(9-15(20(28)29)18-16(22)3-2-4-17(18)23)11-25-21(27-19)26-14-7-5-12(10-24)6-8-14;18-15-11-20-17(22-14-8-6-12(10-19)7-9-14)23-16(15)21-13-4-2-1-3-5-13/h16-20H,6-15,31H2,1-5H3,(H3,32,33,34,35,36,37,40);7-8,10,13-15,18,31H,5-6,9,11-12,26H2,1-4H3;2-9,11H,10,24H2,1H3,(H,25,26,27);1-9,11H,10,19H2,(H2,20,21,22,23)/t;18-;;/m.0../s1. The number of rotatable bonds is 31. The van der Waals surface area contributed by atoms with E-state index in [1.54, 1.807) is 76.4 Å². The molecule has 13 aromatic rings. The van der Waals surface area contributed by atoms with Crippen molar-refractivity contribution < 1.29 is 28.6 Å². The van der Waals surface area contributed by atoms with Crippen LogP contribution in [-0.2, 0) is 26.6 Å². The zero-order valence-corrected chi connectivity index (χ0v) is 74.8. The van der Waals surface area contributed by atoms with Crippen molar-refractivity contribution in [1.29, 1.82) is 0 Å². The zero-order valence-electron chi connectivity index (χ0n) is 72.5. The second-order valence-electron chi connectivity index (χ2n) is 31.7. The summed E-state index contributed by atoms with van der Waals surface area (Å²) in [5, 5.41) is 30.9. The third-order valence-corrected chi connectivity index (χ3v) is 21.5. The number of ether oxygens (including phenoxy) is 2. The third-order valence-electron chi connectivity index (χ3n) is 20.6. The molecule has 1 atom stereocenters. The van der Waals surface area contributed by atoms with Crippen LogP contribution in [0, 0.1) is 11.7 Å². The van der Waals surface area contributed by atoms with E-state index in [1.165, 1.54) is 4.57 Å². The lowest BCUT2D eigenvalue weighted by molar-refractivity contribution is 0.0980. The van der Waals surface area contributed by atoms with Gasteiger partial charge in [-0.3, -0.25) is 19.5 Å². The molecule has 8 heterocycles. The number of methoxy groups -OCH3 is 2. The van der Waals surface area contributed by atoms with Crippen LogP contribution in [0.15, 0.2) is 175 Å². The van der Waals surface area contributed by atoms with Gasteiger partial charge in [0.2, 0.25) is 17.8 Å². The molecule has 2 amide bonds. The van der Waals surface area contributed by atoms with Gasteiger partial charge in [0.1, 0.15) is 34.3 Å². The summed E-state index contributed by atoms with van der Waals surface area (Å²) in [6, 6.07) is 44.1. The molecule has 0 spiro atoms. The van der Waals surface area contributed by atoms with Crippen molar-refractivity contribution in [3.63, 3.8) is 0 Å². The molecule has 1 saturated heterocycles. The SMILES string of the molecule is CC(C)[C@H](CO)c1nc(Cc2ccc(C(=O)CCCN)c(Cl)c2)c2ncn(C(C)C)c2n1.COc1cc(OC)cc(-c2cc3cnc(NCCCN4CCN(CCCN)CC4)nc3nc2NC(=O)NC(C)(C)C)c1.Cn1c(=O)c(-c2c(Cl)cccc2Cl)cc2cnc(Nc3ccc(CN)cc3)nc21.NCc1ccc(Nc2ncc(F)c(Nc3ccccc3)n2)cc1. The molecule has 0 unspecified atom stereocenters. The molecule has 1 fully saturated rings. The van der Waals surface area contributed by atoms with Gasteiger partial charge >= 0.3 is 6.03 Å². The number of halogens is 4. The number of imidazole rings is 1. The van der Waals surface area contributed by atoms with Crippen LogP contribution >= 0.6 is 34.8 Å². The van der Waals surface area contributed by atoms with Crippen molar-refractivity contribution in [3.8, 4) is 33.8 Å². The van der Waals surface area contributed by atoms with Crippen molar-refractivity contribution in [2.45, 2.75) is 111 Å². The number of urea groups is 1. The Kier molecular flexibility index (Phi) is 34.0. The van der Waals surface area contributed by atoms with E-state index in [1.807, 2.05) is 148 Å². The van der Waals surface area contributed by atoms with E-state index in [0.717, 1.165) is 133 Å². The number of carbonyl (C=O) groups is 2. The summed E-state index contributed by atoms with van der Waals surface area (Å²) in [5.74, 6) is 3.06. The normalized spacial score (nSPS) is 12.5. The Labute approximate surface area is 747 Å². The number of piperazine rings is 1. The van der Waals surface area contributed by atoms with Gasteiger partial charge in [0.15, 0.2) is 28.7 Å². The van der Waals surface area contributed by atoms with E-state index in [2.05, 4.69) is 90.4 Å². The number of para-hydroxylation sites is 1. The Balaban J connectivity index is 0.000000167. The van der Waals surface area contributed by atoms with Crippen molar-refractivity contribution in [1.82, 2.24) is 74.1 Å². The van der Waals surface area contributed by atoms with Crippen LogP contribution in [0.3, 0.4) is 0 Å². The van der Waals surface area contributed by atoms with E-state index in [9.17, 15) is 23.9 Å². The summed E-state index contributed by atoms with van der Waals surface area (Å²) >= 11 is 19.0. The Morgan fingerprint density at radius 1 is 0.595 bits per heavy atom. The molecular weight excluding hydrogens is 1660 g/mol. The molecule has 30 nitrogen and oxygen atoms in total. The number of amides is 2. The summed E-state index contributed by atoms with van der Waals surface area (Å²) in [6.07, 6.45) is 9.88. The summed E-state index contributed by atoms with van der Waals surface area (Å²) in [4.78, 5) is 88.3. The molecule has 14 rings (SSSR count). The lowest BCUT2D eigenvalue weighted by Gasteiger charge is -2.34. The largest absolute Gasteiger partial charge is 0.497 e. The summed E-state index contributed by atoms with van der Waals surface area (Å²) < 4.78 is 28.3. The summed E-state index contributed by atoms with van der Waals surface area (Å²) in [6.45, 7) is 23.4. The van der Waals surface area contributed by atoms with Gasteiger partial charge in [0, 0.05) is 146 Å². The molecular formula is C92H110Cl3FN24O6. The average Bonchev–Trinajstić information content (AvgIpc) is 0.860. The van der Waals surface area contributed by atoms with E-state index in [-0.39, 0.29) is 47.7 Å². The molecule has 0 aliphatic carbocycles. The predicted octanol–water partition coefficient (Wildman–Crippen LogP) is 15.8. The Bertz CT molecular complexity index is 5860. The number of hydrogen-bond acceptors (Lipinski definition) is 26. The average molecular weight is 1770 g/mol. The smallest absolute Gasteiger partial charge is 0.320 e. The number of nitrogens with two attached hydrogens (primary N) is 4. The molecule has 0 radical (unpaired) electrons. The number of aryl methyl sites for hydroxylation is 1. The number of Topliss-reactive ketones (excluding diaryl/α,β-unsaturated/α-hetero) is 1. The predicted molar refractivity (Wildman–Crippen MR) is 502 cm³/mol. The second-order valence-corrected chi connectivity index (χ2v) is 33.0. The molecule has 0 bridgehead atoms. The minimum absolute atomic E-state index is 0.00268. The number of aliphatic hydroxyl groups excluding tert-OH is 1. The fraction of sp³-hybridized carbons (Fsp3) is 0.337. The fourth-order valence-corrected chi connectivity index (χ4v) is 14.6. The van der Waals surface area contributed by atoms with E-state index in [0.29, 0.717) is 134 Å². The Morgan fingerprint density at radius 3 is 1.77 bits per heavy atom. The number of fused-ring (bicyclic) bond motifs is 3. The van der Waals surface area contributed by atoms with Crippen molar-refractivity contribution >= 4 is 126 Å². The Morgan fingerprint density at radius 2 is 1.18 bits per heavy atom. The molecule has 1 aliphatic rings. The van der Waals surface area contributed by atoms with Crippen molar-refractivity contribution in [2.75, 3.05) is 106 Å². The van der Waals surface area contributed by atoms with Crippen LogP contribution in [-0.4, -0.2) is 171 Å². The number of anilines is 8. The highest BCUT2D eigenvalue weighted by molar-refractivity contribution is 6.39. The molecule has 126 heavy (non-hydrogen) atoms. The first kappa shape index (κ1) is 94.7. The van der Waals surface area contributed by atoms with E-state index in [4.69, 9.17) is 82.2 Å². The number of hydrogen-bond donors (Lipinski definition) is 11. The highest BCUT2D eigenvalue weighted by Crippen LogP contribution is 2.38. The number of ketones is 1. The first-order valence-corrected chi connectivity index (χ1v) is 42.8. The first-order valence-electron chi connectivity index (χ1n) is 41.7. The fourth-order valence-electron chi connectivity index (χ4n) is 13.7. The third kappa shape index (κ3) is 25.9. The van der Waals surface area contributed by atoms with Crippen LogP contribution < -0.4 is 69.9 Å². The van der Waals surface area contributed by atoms with E-state index < -0.39 is 11.4 Å². The van der Waals surface area contributed by atoms with Crippen molar-refractivity contribution in [2.24, 2.45) is 35.9 Å². The number of nitrogens with zero attached hydrogens (tertiary/aromatic N) is 14. The minimum Gasteiger partial charge on any atom is -0.497 e. The number of pyridine rings is 2. The van der Waals surface area contributed by atoms with Gasteiger partial charge in [0.25, 0.3) is 5.56 Å². The number of aliphatic hydroxyl groups is 1. The van der Waals surface area contributed by atoms with Crippen LogP contribution in [0.25, 0.3) is 55.5 Å². The summed E-state index contributed by atoms with van der Waals surface area (Å²) in [7, 11) is 4.85. The summed E-state index contributed by atoms with van der Waals surface area (Å²) in [5.41, 5.74) is 33.2. The number of aromatic nitrogens is 12. The zero-order chi connectivity index (χ0) is 90.1. The first-order chi connectivity index (χ1) is 60.6. The van der Waals surface area contributed by atoms with Crippen molar-refractivity contribution in [3.05, 3.63) is 236 Å². The topological polar surface area (TPSA) is 411 Å². The molecule has 0 saturated carbocycles. The van der Waals surface area contributed by atoms with Crippen LogP contribution in [0.1, 0.15) is 125 Å². The van der Waals surface area contributed by atoms with Gasteiger partial charge in [-0.1, -0.05) is 103 Å². The maximum absolute atomic E-state index is 13.9. The number of benzene rings is 6. The van der Waals surface area contributed by atoms with Crippen LogP contribution in [0.2, 0.25) is 15.1 Å². The van der Waals surface area contributed by atoms with Gasteiger partial charge < -0.3 is 78.5 Å². The quantitative estimate of drug-likeness (QED) is 0.0142. The molecule has 662 valence electrons. The lowest BCUT2D eigenvalue weighted by Crippen LogP contribution is -2.47. The second kappa shape index (κ2) is 45.2.